The van der Waals surface area contributed by atoms with E-state index in [1.54, 1.807) is 12.1 Å². The van der Waals surface area contributed by atoms with E-state index in [2.05, 4.69) is 40.7 Å². The van der Waals surface area contributed by atoms with Crippen LogP contribution in [0.4, 0.5) is 0 Å². The third-order valence-electron chi connectivity index (χ3n) is 6.74. The number of ether oxygens (including phenoxy) is 1. The first kappa shape index (κ1) is 32.9. The van der Waals surface area contributed by atoms with Gasteiger partial charge in [-0.15, -0.1) is 0 Å². The molecule has 3 atom stereocenters. The first-order chi connectivity index (χ1) is 18.5. The summed E-state index contributed by atoms with van der Waals surface area (Å²) >= 11 is 6.06. The first-order valence-corrected chi connectivity index (χ1v) is 15.7. The summed E-state index contributed by atoms with van der Waals surface area (Å²) in [7, 11) is -3.34. The maximum absolute atomic E-state index is 13.0. The largest absolute Gasteiger partial charge is 0.508 e. The lowest BCUT2D eigenvalue weighted by Crippen LogP contribution is -2.16. The van der Waals surface area contributed by atoms with Gasteiger partial charge in [0, 0.05) is 11.4 Å². The fourth-order valence-electron chi connectivity index (χ4n) is 4.18. The van der Waals surface area contributed by atoms with Crippen molar-refractivity contribution in [3.8, 4) is 0 Å². The van der Waals surface area contributed by atoms with E-state index in [1.807, 2.05) is 62.4 Å². The molecule has 1 aliphatic carbocycles. The van der Waals surface area contributed by atoms with E-state index < -0.39 is 7.60 Å². The van der Waals surface area contributed by atoms with Gasteiger partial charge in [0.25, 0.3) is 0 Å². The molecule has 0 radical (unpaired) electrons. The molecule has 214 valence electrons. The normalized spacial score (nSPS) is 24.4. The Morgan fingerprint density at radius 1 is 1.31 bits per heavy atom. The lowest BCUT2D eigenvalue weighted by molar-refractivity contribution is 0.0673. The van der Waals surface area contributed by atoms with Gasteiger partial charge in [-0.05, 0) is 86.1 Å². The summed E-state index contributed by atoms with van der Waals surface area (Å²) in [6, 6.07) is 7.42. The van der Waals surface area contributed by atoms with Gasteiger partial charge in [0.2, 0.25) is 0 Å². The van der Waals surface area contributed by atoms with E-state index in [-0.39, 0.29) is 12.5 Å². The molecule has 1 N–H and O–H groups in total. The molecule has 1 aromatic carbocycles. The minimum Gasteiger partial charge on any atom is -0.508 e. The zero-order chi connectivity index (χ0) is 29.0. The van der Waals surface area contributed by atoms with Crippen LogP contribution in [-0.4, -0.2) is 18.1 Å². The molecule has 0 bridgehead atoms. The van der Waals surface area contributed by atoms with Crippen molar-refractivity contribution in [2.45, 2.75) is 67.4 Å². The number of allylic oxidation sites excluding steroid dienone is 10. The highest BCUT2D eigenvalue weighted by Crippen LogP contribution is 2.56. The van der Waals surface area contributed by atoms with Gasteiger partial charge >= 0.3 is 7.60 Å². The number of rotatable bonds is 8. The Bertz CT molecular complexity index is 1190. The topological polar surface area (TPSA) is 65.0 Å². The van der Waals surface area contributed by atoms with Crippen molar-refractivity contribution >= 4 is 19.2 Å². The highest BCUT2D eigenvalue weighted by molar-refractivity contribution is 7.53. The summed E-state index contributed by atoms with van der Waals surface area (Å²) in [5, 5.41) is 10.1. The third-order valence-corrected chi connectivity index (χ3v) is 8.57. The van der Waals surface area contributed by atoms with Gasteiger partial charge < -0.3 is 14.4 Å². The molecular weight excluding hydrogens is 531 g/mol. The van der Waals surface area contributed by atoms with E-state index in [0.717, 1.165) is 17.6 Å². The number of hydrogen-bond acceptors (Lipinski definition) is 5. The van der Waals surface area contributed by atoms with Crippen LogP contribution in [0.5, 0.6) is 0 Å². The van der Waals surface area contributed by atoms with Crippen molar-refractivity contribution in [1.82, 2.24) is 0 Å². The van der Waals surface area contributed by atoms with E-state index in [9.17, 15) is 9.67 Å². The lowest BCUT2D eigenvalue weighted by atomic mass is 9.95. The Hall–Kier alpha value is -2.30. The molecule has 1 aromatic rings. The third kappa shape index (κ3) is 10.7. The molecule has 0 amide bonds. The van der Waals surface area contributed by atoms with Crippen LogP contribution in [0.25, 0.3) is 0 Å². The Kier molecular flexibility index (Phi) is 13.6. The van der Waals surface area contributed by atoms with Crippen molar-refractivity contribution in [2.75, 3.05) is 13.0 Å². The molecule has 1 saturated heterocycles. The summed E-state index contributed by atoms with van der Waals surface area (Å²) in [5.74, 6) is 1.82. The quantitative estimate of drug-likeness (QED) is 0.190. The monoisotopic (exact) mass is 574 g/mol. The molecule has 1 heterocycles. The zero-order valence-electron chi connectivity index (χ0n) is 24.3. The van der Waals surface area contributed by atoms with Crippen LogP contribution in [0, 0.1) is 11.8 Å². The van der Waals surface area contributed by atoms with E-state index in [0.29, 0.717) is 41.4 Å². The maximum atomic E-state index is 13.0. The minimum absolute atomic E-state index is 0.108. The summed E-state index contributed by atoms with van der Waals surface area (Å²) in [6.45, 7) is 14.8. The average molecular weight is 575 g/mol. The summed E-state index contributed by atoms with van der Waals surface area (Å²) in [6.07, 6.45) is 14.6. The Morgan fingerprint density at radius 2 is 2.05 bits per heavy atom. The van der Waals surface area contributed by atoms with Crippen LogP contribution in [0.1, 0.15) is 73.0 Å². The molecule has 2 aliphatic rings. The maximum Gasteiger partial charge on any atom is 0.368 e. The van der Waals surface area contributed by atoms with Crippen molar-refractivity contribution in [1.29, 1.82) is 0 Å². The van der Waals surface area contributed by atoms with Crippen LogP contribution < -0.4 is 0 Å². The van der Waals surface area contributed by atoms with E-state index >= 15 is 0 Å². The van der Waals surface area contributed by atoms with Gasteiger partial charge in [-0.2, -0.15) is 0 Å². The van der Waals surface area contributed by atoms with Crippen molar-refractivity contribution in [3.63, 3.8) is 0 Å². The van der Waals surface area contributed by atoms with Crippen LogP contribution in [0.3, 0.4) is 0 Å². The molecule has 39 heavy (non-hydrogen) atoms. The van der Waals surface area contributed by atoms with Crippen molar-refractivity contribution in [3.05, 3.63) is 106 Å². The highest BCUT2D eigenvalue weighted by Gasteiger charge is 2.35. The lowest BCUT2D eigenvalue weighted by Gasteiger charge is -2.30. The zero-order valence-corrected chi connectivity index (χ0v) is 26.0. The molecule has 3 rings (SSSR count). The fourth-order valence-corrected chi connectivity index (χ4v) is 5.88. The van der Waals surface area contributed by atoms with Gasteiger partial charge in [0.05, 0.1) is 12.7 Å². The van der Waals surface area contributed by atoms with Crippen LogP contribution >= 0.6 is 19.2 Å². The van der Waals surface area contributed by atoms with E-state index in [4.69, 9.17) is 25.4 Å². The van der Waals surface area contributed by atoms with Crippen LogP contribution in [-0.2, 0) is 18.3 Å². The van der Waals surface area contributed by atoms with Crippen molar-refractivity contribution in [2.24, 2.45) is 11.8 Å². The summed E-state index contributed by atoms with van der Waals surface area (Å²) < 4.78 is 30.1. The fraction of sp³-hybridized carbons (Fsp3) is 0.438. The second kappa shape index (κ2) is 16.1. The number of halogens is 1. The second-order valence-electron chi connectivity index (χ2n) is 10.0. The molecule has 0 aromatic heterocycles. The van der Waals surface area contributed by atoms with Gasteiger partial charge in [-0.25, -0.2) is 0 Å². The molecule has 0 saturated carbocycles. The molecule has 0 spiro atoms. The van der Waals surface area contributed by atoms with Crippen molar-refractivity contribution < 1.29 is 23.5 Å². The van der Waals surface area contributed by atoms with Gasteiger partial charge in [0.15, 0.2) is 6.35 Å². The predicted octanol–water partition coefficient (Wildman–Crippen LogP) is 10.4. The molecule has 5 nitrogen and oxygen atoms in total. The summed E-state index contributed by atoms with van der Waals surface area (Å²) in [4.78, 5) is 0. The molecule has 1 fully saturated rings. The molecular formula is C32H44ClO5P. The molecule has 2 unspecified atom stereocenters. The Morgan fingerprint density at radius 3 is 2.69 bits per heavy atom. The minimum atomic E-state index is -3.34. The molecule has 1 aliphatic heterocycles. The van der Waals surface area contributed by atoms with Crippen LogP contribution in [0.15, 0.2) is 95.0 Å². The summed E-state index contributed by atoms with van der Waals surface area (Å²) in [5.41, 5.74) is 4.49. The second-order valence-corrected chi connectivity index (χ2v) is 12.4. The Labute approximate surface area is 240 Å². The van der Waals surface area contributed by atoms with E-state index in [1.165, 1.54) is 11.1 Å². The Balaban J connectivity index is 0.000000377. The number of benzene rings is 1. The van der Waals surface area contributed by atoms with Gasteiger partial charge in [-0.3, -0.25) is 9.09 Å². The molecule has 7 heteroatoms. The highest BCUT2D eigenvalue weighted by atomic mass is 35.5. The smallest absolute Gasteiger partial charge is 0.368 e. The van der Waals surface area contributed by atoms with Crippen LogP contribution in [0.2, 0.25) is 5.02 Å². The average Bonchev–Trinajstić information content (AvgIpc) is 3.04. The number of aliphatic hydroxyl groups excluding tert-OH is 1. The SMILES string of the molecule is CCC1=C(C)C=C(OC[P@]2(=O)OCCC(c3cccc(Cl)c3)O2)C=CC1C.C\C=C/C=C\C(O)=C(/C)C(C)C. The predicted molar refractivity (Wildman–Crippen MR) is 163 cm³/mol. The number of hydrogen-bond donors (Lipinski definition) is 1. The standard InChI is InChI=1S/C21H26ClO4P.C11H18O/c1-4-20-15(2)8-9-19(12-16(20)3)24-14-27(23)25-11-10-21(26-27)17-6-5-7-18(22)13-17;1-5-6-7-8-11(12)10(4)9(2)3/h5-9,12-13,15,21H,4,10-11,14H2,1-3H3;5-9,12H,1-4H3/b;6-5-,8-7-,11-10-/t15?,21?,27-;/m0./s1. The number of aliphatic hydroxyl groups is 1. The van der Waals surface area contributed by atoms with Gasteiger partial charge in [0.1, 0.15) is 11.5 Å². The van der Waals surface area contributed by atoms with Gasteiger partial charge in [-0.1, -0.05) is 81.3 Å². The first-order valence-electron chi connectivity index (χ1n) is 13.6.